The molecule has 1 N–H and O–H groups in total. The molecule has 0 radical (unpaired) electrons. The number of rotatable bonds is 5. The Bertz CT molecular complexity index is 602. The highest BCUT2D eigenvalue weighted by Crippen LogP contribution is 2.26. The van der Waals surface area contributed by atoms with E-state index in [9.17, 15) is 0 Å². The van der Waals surface area contributed by atoms with Crippen LogP contribution in [0.2, 0.25) is 0 Å². The van der Waals surface area contributed by atoms with Crippen molar-refractivity contribution in [1.82, 2.24) is 10.4 Å². The van der Waals surface area contributed by atoms with Crippen LogP contribution in [0.25, 0.3) is 0 Å². The fourth-order valence-electron chi connectivity index (χ4n) is 2.63. The summed E-state index contributed by atoms with van der Waals surface area (Å²) in [4.78, 5) is 2.07. The van der Waals surface area contributed by atoms with Gasteiger partial charge in [0.25, 0.3) is 0 Å². The van der Waals surface area contributed by atoms with Crippen molar-refractivity contribution >= 4 is 28.3 Å². The molecule has 0 spiro atoms. The normalized spacial score (nSPS) is 18.0. The Morgan fingerprint density at radius 3 is 2.16 bits per heavy atom. The zero-order valence-corrected chi connectivity index (χ0v) is 17.6. The van der Waals surface area contributed by atoms with E-state index in [4.69, 9.17) is 0 Å². The van der Waals surface area contributed by atoms with Crippen LogP contribution in [0.4, 0.5) is 11.4 Å². The van der Waals surface area contributed by atoms with Crippen LogP contribution in [0.1, 0.15) is 27.7 Å². The van der Waals surface area contributed by atoms with E-state index in [-0.39, 0.29) is 17.9 Å². The van der Waals surface area contributed by atoms with Gasteiger partial charge in [-0.3, -0.25) is 4.58 Å². The van der Waals surface area contributed by atoms with Gasteiger partial charge in [0.05, 0.1) is 17.8 Å². The molecule has 1 aliphatic rings. The molecule has 0 amide bonds. The maximum atomic E-state index is 4.49. The summed E-state index contributed by atoms with van der Waals surface area (Å²) >= 11 is 1.70. The van der Waals surface area contributed by atoms with Gasteiger partial charge in [0.15, 0.2) is 0 Å². The largest absolute Gasteiger partial charge is 1.00 e. The lowest BCUT2D eigenvalue weighted by Gasteiger charge is -2.16. The topological polar surface area (TPSA) is 46.2 Å². The number of amidine groups is 1. The van der Waals surface area contributed by atoms with E-state index < -0.39 is 0 Å². The molecule has 1 aromatic rings. The lowest BCUT2D eigenvalue weighted by Crippen LogP contribution is -3.00. The Kier molecular flexibility index (Phi) is 8.18. The number of nitrogens with zero attached hydrogens (tertiary/aromatic N) is 5. The molecule has 1 atom stereocenters. The molecule has 1 fully saturated rings. The van der Waals surface area contributed by atoms with Gasteiger partial charge < -0.3 is 17.3 Å². The van der Waals surface area contributed by atoms with Crippen LogP contribution >= 0.6 is 11.8 Å². The van der Waals surface area contributed by atoms with Gasteiger partial charge in [-0.05, 0) is 52.0 Å². The third kappa shape index (κ3) is 5.59. The highest BCUT2D eigenvalue weighted by molar-refractivity contribution is 8.14. The summed E-state index contributed by atoms with van der Waals surface area (Å²) in [5.74, 6) is 0. The van der Waals surface area contributed by atoms with E-state index in [2.05, 4.69) is 65.0 Å². The lowest BCUT2D eigenvalue weighted by atomic mass is 10.3. The molecular formula is C17H29ClN6S. The summed E-state index contributed by atoms with van der Waals surface area (Å²) in [6, 6.07) is 8.95. The molecule has 0 bridgehead atoms. The first-order chi connectivity index (χ1) is 11.3. The third-order valence-corrected chi connectivity index (χ3v) is 4.95. The van der Waals surface area contributed by atoms with Crippen molar-refractivity contribution in [2.75, 3.05) is 26.0 Å². The molecule has 6 nitrogen and oxygen atoms in total. The summed E-state index contributed by atoms with van der Waals surface area (Å²) in [5, 5.41) is 12.0. The van der Waals surface area contributed by atoms with E-state index in [1.54, 1.807) is 11.8 Å². The summed E-state index contributed by atoms with van der Waals surface area (Å²) in [7, 11) is 6.05. The Balaban J connectivity index is 0.00000312. The highest BCUT2D eigenvalue weighted by atomic mass is 35.5. The van der Waals surface area contributed by atoms with Crippen molar-refractivity contribution in [2.24, 2.45) is 10.2 Å². The Hall–Kier alpha value is -1.31. The molecule has 1 aliphatic heterocycles. The van der Waals surface area contributed by atoms with E-state index in [1.807, 2.05) is 38.3 Å². The van der Waals surface area contributed by atoms with Crippen LogP contribution in [0.5, 0.6) is 0 Å². The lowest BCUT2D eigenvalue weighted by molar-refractivity contribution is -0.587. The highest BCUT2D eigenvalue weighted by Gasteiger charge is 2.36. The van der Waals surface area contributed by atoms with Crippen LogP contribution in [-0.2, 0) is 0 Å². The molecule has 0 aliphatic carbocycles. The molecule has 0 aromatic heterocycles. The second-order valence-electron chi connectivity index (χ2n) is 6.69. The van der Waals surface area contributed by atoms with Gasteiger partial charge in [0.1, 0.15) is 0 Å². The van der Waals surface area contributed by atoms with Gasteiger partial charge in [-0.25, -0.2) is 0 Å². The number of anilines is 1. The standard InChI is InChI=1S/C17H28N6S.ClH/c1-12(2)23(13(3)4)17-20-22(7)16(24-17)19-18-14-8-10-15(11-9-14)21(5)6;/h8-13,16H,1-7H3;1H. The molecule has 25 heavy (non-hydrogen) atoms. The number of hydrogen-bond acceptors (Lipinski definition) is 5. The van der Waals surface area contributed by atoms with Crippen molar-refractivity contribution in [3.8, 4) is 0 Å². The van der Waals surface area contributed by atoms with Gasteiger partial charge in [0.2, 0.25) is 5.50 Å². The van der Waals surface area contributed by atoms with E-state index >= 15 is 0 Å². The maximum Gasteiger partial charge on any atom is 0.328 e. The summed E-state index contributed by atoms with van der Waals surface area (Å²) in [6.07, 6.45) is 0. The molecule has 1 aromatic carbocycles. The minimum absolute atomic E-state index is 0. The average Bonchev–Trinajstić information content (AvgIpc) is 2.85. The van der Waals surface area contributed by atoms with Crippen LogP contribution in [0.3, 0.4) is 0 Å². The minimum atomic E-state index is -0.0616. The van der Waals surface area contributed by atoms with Crippen LogP contribution < -0.4 is 22.7 Å². The summed E-state index contributed by atoms with van der Waals surface area (Å²) in [5.41, 5.74) is 5.37. The second-order valence-corrected chi connectivity index (χ2v) is 7.74. The van der Waals surface area contributed by atoms with Crippen LogP contribution in [0, 0.1) is 0 Å². The third-order valence-electron chi connectivity index (χ3n) is 3.81. The van der Waals surface area contributed by atoms with Crippen molar-refractivity contribution in [1.29, 1.82) is 0 Å². The number of halogens is 1. The van der Waals surface area contributed by atoms with Gasteiger partial charge in [-0.1, -0.05) is 0 Å². The Labute approximate surface area is 161 Å². The number of benzene rings is 1. The van der Waals surface area contributed by atoms with Crippen molar-refractivity contribution in [3.63, 3.8) is 0 Å². The first-order valence-electron chi connectivity index (χ1n) is 8.29. The molecule has 1 heterocycles. The van der Waals surface area contributed by atoms with E-state index in [0.29, 0.717) is 12.1 Å². The fraction of sp³-hybridized carbons (Fsp3) is 0.588. The summed E-state index contributed by atoms with van der Waals surface area (Å²) in [6.45, 7) is 8.82. The van der Waals surface area contributed by atoms with Gasteiger partial charge in [-0.2, -0.15) is 15.7 Å². The number of nitrogens with one attached hydrogen (secondary N) is 1. The zero-order chi connectivity index (χ0) is 17.9. The van der Waals surface area contributed by atoms with Crippen molar-refractivity contribution in [2.45, 2.75) is 45.3 Å². The molecule has 1 unspecified atom stereocenters. The molecule has 140 valence electrons. The number of azo groups is 1. The van der Waals surface area contributed by atoms with Crippen molar-refractivity contribution in [3.05, 3.63) is 24.3 Å². The number of hydrazine groups is 1. The Morgan fingerprint density at radius 1 is 1.12 bits per heavy atom. The molecule has 2 rings (SSSR count). The maximum absolute atomic E-state index is 4.49. The second kappa shape index (κ2) is 9.40. The fourth-order valence-corrected chi connectivity index (χ4v) is 3.87. The van der Waals surface area contributed by atoms with Crippen molar-refractivity contribution < 1.29 is 17.0 Å². The SMILES string of the molecule is CC(C)[N+](=C1NN(C)C(N=Nc2ccc(N(C)C)cc2)S1)C(C)C.[Cl-]. The zero-order valence-electron chi connectivity index (χ0n) is 16.1. The number of hydrogen-bond donors (Lipinski definition) is 1. The van der Waals surface area contributed by atoms with Crippen LogP contribution in [-0.4, -0.2) is 53.5 Å². The number of thioether (sulfide) groups is 1. The van der Waals surface area contributed by atoms with Gasteiger partial charge >= 0.3 is 5.17 Å². The molecule has 1 saturated heterocycles. The smallest absolute Gasteiger partial charge is 0.328 e. The molecule has 0 saturated carbocycles. The first kappa shape index (κ1) is 21.7. The first-order valence-corrected chi connectivity index (χ1v) is 9.17. The minimum Gasteiger partial charge on any atom is -1.00 e. The van der Waals surface area contributed by atoms with Crippen LogP contribution in [0.15, 0.2) is 34.5 Å². The predicted octanol–water partition coefficient (Wildman–Crippen LogP) is 0.492. The molecule has 8 heteroatoms. The molecular weight excluding hydrogens is 356 g/mol. The summed E-state index contributed by atoms with van der Waals surface area (Å²) < 4.78 is 2.36. The monoisotopic (exact) mass is 384 g/mol. The van der Waals surface area contributed by atoms with Gasteiger partial charge in [0, 0.05) is 38.6 Å². The van der Waals surface area contributed by atoms with Gasteiger partial charge in [-0.15, -0.1) is 5.01 Å². The van der Waals surface area contributed by atoms with E-state index in [0.717, 1.165) is 16.5 Å². The quantitative estimate of drug-likeness (QED) is 0.593. The predicted molar refractivity (Wildman–Crippen MR) is 103 cm³/mol. The average molecular weight is 385 g/mol. The van der Waals surface area contributed by atoms with E-state index in [1.165, 1.54) is 0 Å². The Morgan fingerprint density at radius 2 is 1.68 bits per heavy atom.